The molecule has 1 amide bonds. The minimum Gasteiger partial charge on any atom is -0.369 e. The van der Waals surface area contributed by atoms with Crippen LogP contribution in [0.25, 0.3) is 40.9 Å². The Labute approximate surface area is 394 Å². The van der Waals surface area contributed by atoms with Crippen LogP contribution in [-0.4, -0.2) is 103 Å². The van der Waals surface area contributed by atoms with Gasteiger partial charge in [-0.1, -0.05) is 27.7 Å². The summed E-state index contributed by atoms with van der Waals surface area (Å²) >= 11 is 3.46. The van der Waals surface area contributed by atoms with Crippen molar-refractivity contribution in [2.75, 3.05) is 72.8 Å². The van der Waals surface area contributed by atoms with E-state index in [9.17, 15) is 4.79 Å². The van der Waals surface area contributed by atoms with Gasteiger partial charge in [0.1, 0.15) is 45.6 Å². The van der Waals surface area contributed by atoms with Gasteiger partial charge in [0.2, 0.25) is 5.91 Å². The quantitative estimate of drug-likeness (QED) is 0.106. The van der Waals surface area contributed by atoms with E-state index in [1.165, 1.54) is 83.2 Å². The molecule has 12 rings (SSSR count). The smallest absolute Gasteiger partial charge is 0.222 e. The highest BCUT2D eigenvalue weighted by molar-refractivity contribution is 7.26. The molecule has 0 saturated carbocycles. The standard InChI is InChI=1S/C26H34N6OS.C24H29N7S/c1-26(2)9-8-17-18(15-26)20-21-22(34-25(20)30-24(17)32-11-3-4-12-32)23(29-16-28-21)27-10-6-14-31-13-5-7-19(31)33;1-24(2)7-5-16-17(11-24)18-19-20(32-23(18)30-22(16)31-9-3-4-10-31)21(29-14-28-19)26-8-6-15-12-25-13-27-15/h16H,3-15H2,1-2H3,(H,27,28,29);12-14H,3-11H2,1-2H3,(H,25,27)(H,26,28,29). The molecule has 16 heteroatoms. The topological polar surface area (TPSA) is 157 Å². The highest BCUT2D eigenvalue weighted by atomic mass is 32.1. The molecule has 3 fully saturated rings. The number of anilines is 4. The van der Waals surface area contributed by atoms with Crippen LogP contribution in [0.2, 0.25) is 0 Å². The van der Waals surface area contributed by atoms with E-state index in [0.29, 0.717) is 23.2 Å². The summed E-state index contributed by atoms with van der Waals surface area (Å²) in [5.41, 5.74) is 9.66. The summed E-state index contributed by atoms with van der Waals surface area (Å²) in [5, 5.41) is 9.57. The molecule has 0 unspecified atom stereocenters. The minimum absolute atomic E-state index is 0.291. The monoisotopic (exact) mass is 925 g/mol. The first kappa shape index (κ1) is 43.4. The fourth-order valence-corrected chi connectivity index (χ4v) is 13.4. The Morgan fingerprint density at radius 3 is 1.71 bits per heavy atom. The van der Waals surface area contributed by atoms with Gasteiger partial charge in [0, 0.05) is 87.9 Å². The number of likely N-dealkylation sites (tertiary alicyclic amines) is 1. The number of aromatic nitrogens is 8. The number of pyridine rings is 2. The highest BCUT2D eigenvalue weighted by Gasteiger charge is 2.35. The highest BCUT2D eigenvalue weighted by Crippen LogP contribution is 2.48. The number of amides is 1. The average Bonchev–Trinajstić information content (AvgIpc) is 4.17. The average molecular weight is 926 g/mol. The molecule has 0 atom stereocenters. The lowest BCUT2D eigenvalue weighted by Gasteiger charge is -2.34. The van der Waals surface area contributed by atoms with Crippen molar-refractivity contribution in [2.45, 2.75) is 118 Å². The molecule has 7 aromatic heterocycles. The molecule has 0 radical (unpaired) electrons. The molecule has 0 bridgehead atoms. The van der Waals surface area contributed by atoms with Gasteiger partial charge >= 0.3 is 0 Å². The number of thiophene rings is 2. The van der Waals surface area contributed by atoms with E-state index < -0.39 is 0 Å². The van der Waals surface area contributed by atoms with Crippen molar-refractivity contribution in [3.63, 3.8) is 0 Å². The molecule has 10 heterocycles. The van der Waals surface area contributed by atoms with Crippen LogP contribution >= 0.6 is 22.7 Å². The maximum absolute atomic E-state index is 11.9. The summed E-state index contributed by atoms with van der Waals surface area (Å²) in [6.07, 6.45) is 22.3. The molecule has 3 N–H and O–H groups in total. The Morgan fingerprint density at radius 1 is 0.667 bits per heavy atom. The predicted octanol–water partition coefficient (Wildman–Crippen LogP) is 9.51. The number of imidazole rings is 1. The second-order valence-corrected chi connectivity index (χ2v) is 22.7. The van der Waals surface area contributed by atoms with E-state index in [-0.39, 0.29) is 0 Å². The van der Waals surface area contributed by atoms with Crippen LogP contribution in [0.15, 0.2) is 25.2 Å². The maximum Gasteiger partial charge on any atom is 0.222 e. The van der Waals surface area contributed by atoms with Crippen molar-refractivity contribution in [2.24, 2.45) is 10.8 Å². The first-order valence-corrected chi connectivity index (χ1v) is 26.1. The number of rotatable bonds is 11. The third-order valence-electron chi connectivity index (χ3n) is 14.7. The normalized spacial score (nSPS) is 19.0. The molecule has 2 aliphatic carbocycles. The molecule has 346 valence electrons. The molecule has 3 saturated heterocycles. The molecular formula is C50H63N13OS2. The first-order chi connectivity index (χ1) is 32.1. The Kier molecular flexibility index (Phi) is 11.7. The Balaban J connectivity index is 0.000000146. The van der Waals surface area contributed by atoms with Crippen molar-refractivity contribution in [1.29, 1.82) is 0 Å². The van der Waals surface area contributed by atoms with E-state index in [1.54, 1.807) is 41.7 Å². The number of nitrogens with one attached hydrogen (secondary N) is 3. The Hall–Kier alpha value is -5.22. The van der Waals surface area contributed by atoms with Gasteiger partial charge in [-0.15, -0.1) is 22.7 Å². The summed E-state index contributed by atoms with van der Waals surface area (Å²) in [5.74, 6) is 4.55. The zero-order valence-corrected chi connectivity index (χ0v) is 40.7. The van der Waals surface area contributed by atoms with Gasteiger partial charge in [0.15, 0.2) is 0 Å². The maximum atomic E-state index is 11.9. The predicted molar refractivity (Wildman–Crippen MR) is 270 cm³/mol. The van der Waals surface area contributed by atoms with E-state index in [0.717, 1.165) is 145 Å². The van der Waals surface area contributed by atoms with Crippen LogP contribution in [0.4, 0.5) is 23.3 Å². The lowest BCUT2D eigenvalue weighted by atomic mass is 9.73. The van der Waals surface area contributed by atoms with Gasteiger partial charge in [-0.2, -0.15) is 0 Å². The zero-order chi connectivity index (χ0) is 45.0. The summed E-state index contributed by atoms with van der Waals surface area (Å²) in [6, 6.07) is 0. The van der Waals surface area contributed by atoms with E-state index >= 15 is 0 Å². The second kappa shape index (κ2) is 17.8. The molecular weight excluding hydrogens is 863 g/mol. The zero-order valence-electron chi connectivity index (χ0n) is 39.1. The third kappa shape index (κ3) is 8.41. The third-order valence-corrected chi connectivity index (χ3v) is 16.9. The van der Waals surface area contributed by atoms with Crippen molar-refractivity contribution < 1.29 is 4.79 Å². The van der Waals surface area contributed by atoms with Gasteiger partial charge in [0.25, 0.3) is 0 Å². The van der Waals surface area contributed by atoms with Gasteiger partial charge in [-0.25, -0.2) is 34.9 Å². The fraction of sp³-hybridized carbons (Fsp3) is 0.560. The van der Waals surface area contributed by atoms with Crippen LogP contribution < -0.4 is 20.4 Å². The van der Waals surface area contributed by atoms with Crippen molar-refractivity contribution in [3.8, 4) is 0 Å². The first-order valence-electron chi connectivity index (χ1n) is 24.5. The lowest BCUT2D eigenvalue weighted by Crippen LogP contribution is -2.27. The molecule has 0 spiro atoms. The SMILES string of the molecule is CC1(C)CCc2c(N3CCCC3)nc3sc4c(NCCCN5CCCC5=O)ncnc4c3c2C1.CC1(C)CCc2c(N3CCCC3)nc3sc4c(NCCc5cnc[nH]5)ncnc4c3c2C1. The van der Waals surface area contributed by atoms with Gasteiger partial charge in [-0.05, 0) is 110 Å². The lowest BCUT2D eigenvalue weighted by molar-refractivity contribution is -0.127. The van der Waals surface area contributed by atoms with Gasteiger partial charge in [-0.3, -0.25) is 4.79 Å². The summed E-state index contributed by atoms with van der Waals surface area (Å²) < 4.78 is 2.22. The molecule has 7 aromatic rings. The van der Waals surface area contributed by atoms with Crippen LogP contribution in [-0.2, 0) is 36.9 Å². The Morgan fingerprint density at radius 2 is 1.21 bits per heavy atom. The van der Waals surface area contributed by atoms with Gasteiger partial charge < -0.3 is 30.3 Å². The van der Waals surface area contributed by atoms with Crippen LogP contribution in [0.3, 0.4) is 0 Å². The van der Waals surface area contributed by atoms with Crippen molar-refractivity contribution in [1.82, 2.24) is 44.8 Å². The molecule has 66 heavy (non-hydrogen) atoms. The number of hydrogen-bond acceptors (Lipinski definition) is 14. The van der Waals surface area contributed by atoms with Crippen LogP contribution in [0, 0.1) is 10.8 Å². The van der Waals surface area contributed by atoms with E-state index in [4.69, 9.17) is 19.9 Å². The van der Waals surface area contributed by atoms with E-state index in [1.807, 2.05) is 11.1 Å². The number of nitrogens with zero attached hydrogens (tertiary/aromatic N) is 10. The molecule has 0 aromatic carbocycles. The minimum atomic E-state index is 0.291. The largest absolute Gasteiger partial charge is 0.369 e. The number of carbonyl (C=O) groups excluding carboxylic acids is 1. The van der Waals surface area contributed by atoms with Crippen LogP contribution in [0.1, 0.15) is 113 Å². The second-order valence-electron chi connectivity index (χ2n) is 20.7. The molecule has 3 aliphatic heterocycles. The fourth-order valence-electron chi connectivity index (χ4n) is 11.2. The number of fused-ring (bicyclic) bond motifs is 10. The Bertz CT molecular complexity index is 2910. The van der Waals surface area contributed by atoms with E-state index in [2.05, 4.69) is 68.1 Å². The number of aromatic amines is 1. The molecule has 14 nitrogen and oxygen atoms in total. The summed E-state index contributed by atoms with van der Waals surface area (Å²) in [7, 11) is 0. The summed E-state index contributed by atoms with van der Waals surface area (Å²) in [4.78, 5) is 57.6. The number of carbonyl (C=O) groups is 1. The summed E-state index contributed by atoms with van der Waals surface area (Å²) in [6.45, 7) is 17.3. The van der Waals surface area contributed by atoms with Crippen molar-refractivity contribution in [3.05, 3.63) is 53.1 Å². The number of hydrogen-bond donors (Lipinski definition) is 3. The van der Waals surface area contributed by atoms with Crippen LogP contribution in [0.5, 0.6) is 0 Å². The number of H-pyrrole nitrogens is 1. The molecule has 5 aliphatic rings. The van der Waals surface area contributed by atoms with Crippen molar-refractivity contribution >= 4 is 92.7 Å². The van der Waals surface area contributed by atoms with Gasteiger partial charge in [0.05, 0.1) is 26.8 Å².